The number of carboxylic acid groups (broad SMARTS) is 2. The van der Waals surface area contributed by atoms with Crippen molar-refractivity contribution in [1.82, 2.24) is 4.90 Å². The molecule has 0 saturated carbocycles. The number of halogens is 1. The Morgan fingerprint density at radius 1 is 0.773 bits per heavy atom. The molecule has 4 rings (SSSR count). The Morgan fingerprint density at radius 3 is 1.64 bits per heavy atom. The zero-order valence-electron chi connectivity index (χ0n) is 24.0. The second kappa shape index (κ2) is 15.9. The molecule has 44 heavy (non-hydrogen) atoms. The second-order valence-electron chi connectivity index (χ2n) is 9.90. The normalized spacial score (nSPS) is 17.5. The molecule has 3 aromatic carbocycles. The SMILES string of the molecule is COC(=O)[C@H]1CN(C)CC[C@H]1c1ccc(F)cc1.O=C(OC(C(=O)O)C(OC(=O)c1ccccc1)C(=O)O)c1ccccc1. The van der Waals surface area contributed by atoms with E-state index in [0.29, 0.717) is 6.54 Å². The molecule has 2 unspecified atom stereocenters. The van der Waals surface area contributed by atoms with E-state index < -0.39 is 36.1 Å². The summed E-state index contributed by atoms with van der Waals surface area (Å²) in [5, 5.41) is 18.5. The highest BCUT2D eigenvalue weighted by atomic mass is 19.1. The number of benzene rings is 3. The molecule has 4 atom stereocenters. The van der Waals surface area contributed by atoms with Gasteiger partial charge in [0.25, 0.3) is 0 Å². The summed E-state index contributed by atoms with van der Waals surface area (Å²) in [6, 6.07) is 21.3. The molecule has 12 heteroatoms. The third-order valence-corrected chi connectivity index (χ3v) is 6.87. The highest BCUT2D eigenvalue weighted by Crippen LogP contribution is 2.33. The molecule has 0 spiro atoms. The summed E-state index contributed by atoms with van der Waals surface area (Å²) in [4.78, 5) is 60.8. The van der Waals surface area contributed by atoms with E-state index in [9.17, 15) is 38.6 Å². The van der Waals surface area contributed by atoms with Crippen molar-refractivity contribution in [1.29, 1.82) is 0 Å². The number of hydrogen-bond acceptors (Lipinski definition) is 9. The van der Waals surface area contributed by atoms with Gasteiger partial charge in [0.1, 0.15) is 5.82 Å². The van der Waals surface area contributed by atoms with Crippen LogP contribution in [0.3, 0.4) is 0 Å². The van der Waals surface area contributed by atoms with Gasteiger partial charge in [-0.25, -0.2) is 23.6 Å². The molecule has 1 aliphatic rings. The fourth-order valence-electron chi connectivity index (χ4n) is 4.61. The molecule has 232 valence electrons. The summed E-state index contributed by atoms with van der Waals surface area (Å²) < 4.78 is 27.3. The number of esters is 3. The maximum absolute atomic E-state index is 12.9. The Kier molecular flexibility index (Phi) is 12.1. The number of likely N-dealkylation sites (tertiary alicyclic amines) is 1. The van der Waals surface area contributed by atoms with Crippen LogP contribution in [0.2, 0.25) is 0 Å². The van der Waals surface area contributed by atoms with Crippen LogP contribution in [0.15, 0.2) is 84.9 Å². The van der Waals surface area contributed by atoms with Crippen LogP contribution in [0, 0.1) is 11.7 Å². The molecule has 1 saturated heterocycles. The lowest BCUT2D eigenvalue weighted by molar-refractivity contribution is -0.166. The molecule has 1 aliphatic heterocycles. The highest BCUT2D eigenvalue weighted by Gasteiger charge is 2.41. The zero-order valence-corrected chi connectivity index (χ0v) is 24.0. The van der Waals surface area contributed by atoms with E-state index in [2.05, 4.69) is 4.90 Å². The van der Waals surface area contributed by atoms with Gasteiger partial charge in [-0.2, -0.15) is 0 Å². The third-order valence-electron chi connectivity index (χ3n) is 6.87. The molecule has 11 nitrogen and oxygen atoms in total. The Hall–Kier alpha value is -5.10. The average Bonchev–Trinajstić information content (AvgIpc) is 3.03. The predicted octanol–water partition coefficient (Wildman–Crippen LogP) is 3.64. The highest BCUT2D eigenvalue weighted by molar-refractivity contribution is 5.95. The summed E-state index contributed by atoms with van der Waals surface area (Å²) in [7, 11) is 3.41. The molecule has 0 aromatic heterocycles. The number of piperidine rings is 1. The number of ether oxygens (including phenoxy) is 3. The average molecular weight is 610 g/mol. The number of methoxy groups -OCH3 is 1. The van der Waals surface area contributed by atoms with Crippen LogP contribution in [0.25, 0.3) is 0 Å². The Balaban J connectivity index is 0.000000257. The van der Waals surface area contributed by atoms with Crippen LogP contribution in [0.5, 0.6) is 0 Å². The molecule has 0 radical (unpaired) electrons. The van der Waals surface area contributed by atoms with E-state index in [4.69, 9.17) is 14.2 Å². The van der Waals surface area contributed by atoms with Crippen molar-refractivity contribution in [3.05, 3.63) is 107 Å². The quantitative estimate of drug-likeness (QED) is 0.270. The molecule has 0 bridgehead atoms. The lowest BCUT2D eigenvalue weighted by atomic mass is 9.80. The monoisotopic (exact) mass is 609 g/mol. The van der Waals surface area contributed by atoms with Crippen molar-refractivity contribution in [2.24, 2.45) is 5.92 Å². The van der Waals surface area contributed by atoms with Gasteiger partial charge in [-0.05, 0) is 67.9 Å². The van der Waals surface area contributed by atoms with Crippen LogP contribution in [-0.2, 0) is 28.6 Å². The Morgan fingerprint density at radius 2 is 1.23 bits per heavy atom. The topological polar surface area (TPSA) is 157 Å². The minimum absolute atomic E-state index is 0.0253. The number of nitrogens with zero attached hydrogens (tertiary/aromatic N) is 1. The summed E-state index contributed by atoms with van der Waals surface area (Å²) >= 11 is 0. The molecule has 3 aromatic rings. The van der Waals surface area contributed by atoms with E-state index in [1.54, 1.807) is 24.3 Å². The minimum atomic E-state index is -2.21. The van der Waals surface area contributed by atoms with E-state index in [-0.39, 0.29) is 34.7 Å². The van der Waals surface area contributed by atoms with Crippen molar-refractivity contribution >= 4 is 29.8 Å². The first kappa shape index (κ1) is 33.4. The summed E-state index contributed by atoms with van der Waals surface area (Å²) in [6.45, 7) is 1.63. The molecule has 1 heterocycles. The summed E-state index contributed by atoms with van der Waals surface area (Å²) in [6.07, 6.45) is -3.54. The van der Waals surface area contributed by atoms with E-state index in [1.807, 2.05) is 7.05 Å². The smallest absolute Gasteiger partial charge is 0.349 e. The van der Waals surface area contributed by atoms with E-state index in [1.165, 1.54) is 67.8 Å². The lowest BCUT2D eigenvalue weighted by Gasteiger charge is -2.35. The number of aliphatic carboxylic acids is 2. The second-order valence-corrected chi connectivity index (χ2v) is 9.90. The third kappa shape index (κ3) is 9.20. The van der Waals surface area contributed by atoms with Crippen molar-refractivity contribution in [2.45, 2.75) is 24.5 Å². The van der Waals surface area contributed by atoms with Crippen molar-refractivity contribution in [2.75, 3.05) is 27.2 Å². The standard InChI is InChI=1S/C18H14O8.C14H18FNO2/c19-15(20)13(25-17(23)11-7-3-1-4-8-11)14(16(21)22)26-18(24)12-9-5-2-6-10-12;1-16-8-7-12(13(9-16)14(17)18-2)10-3-5-11(15)6-4-10/h1-10,13-14H,(H,19,20)(H,21,22);3-6,12-13H,7-9H2,1-2H3/t;12-,13-/m.0/s1. The van der Waals surface area contributed by atoms with Crippen molar-refractivity contribution in [3.8, 4) is 0 Å². The van der Waals surface area contributed by atoms with Crippen LogP contribution in [-0.4, -0.2) is 84.4 Å². The van der Waals surface area contributed by atoms with E-state index >= 15 is 0 Å². The predicted molar refractivity (Wildman–Crippen MR) is 153 cm³/mol. The summed E-state index contributed by atoms with van der Waals surface area (Å²) in [5.41, 5.74) is 1.06. The van der Waals surface area contributed by atoms with Crippen molar-refractivity contribution in [3.63, 3.8) is 0 Å². The van der Waals surface area contributed by atoms with Gasteiger partial charge < -0.3 is 29.3 Å². The van der Waals surface area contributed by atoms with Crippen LogP contribution in [0.4, 0.5) is 4.39 Å². The first-order chi connectivity index (χ1) is 21.0. The van der Waals surface area contributed by atoms with Gasteiger partial charge in [0.15, 0.2) is 0 Å². The van der Waals surface area contributed by atoms with Crippen LogP contribution < -0.4 is 0 Å². The first-order valence-electron chi connectivity index (χ1n) is 13.5. The van der Waals surface area contributed by atoms with Gasteiger partial charge in [-0.15, -0.1) is 0 Å². The molecule has 0 aliphatic carbocycles. The summed E-state index contributed by atoms with van der Waals surface area (Å²) in [5.74, 6) is -6.12. The molecule has 2 N–H and O–H groups in total. The molecular weight excluding hydrogens is 577 g/mol. The number of carbonyl (C=O) groups is 5. The van der Waals surface area contributed by atoms with E-state index in [0.717, 1.165) is 18.5 Å². The Bertz CT molecular complexity index is 1360. The van der Waals surface area contributed by atoms with Gasteiger partial charge >= 0.3 is 29.8 Å². The maximum Gasteiger partial charge on any atom is 0.349 e. The number of carbonyl (C=O) groups excluding carboxylic acids is 3. The van der Waals surface area contributed by atoms with Gasteiger partial charge in [-0.1, -0.05) is 48.5 Å². The van der Waals surface area contributed by atoms with Crippen LogP contribution in [0.1, 0.15) is 38.6 Å². The fraction of sp³-hybridized carbons (Fsp3) is 0.281. The Labute approximate surface area is 252 Å². The zero-order chi connectivity index (χ0) is 32.2. The largest absolute Gasteiger partial charge is 0.478 e. The maximum atomic E-state index is 12.9. The van der Waals surface area contributed by atoms with Gasteiger partial charge in [0.2, 0.25) is 12.2 Å². The van der Waals surface area contributed by atoms with Gasteiger partial charge in [-0.3, -0.25) is 4.79 Å². The molecule has 0 amide bonds. The molecular formula is C32H32FNO10. The fourth-order valence-corrected chi connectivity index (χ4v) is 4.61. The minimum Gasteiger partial charge on any atom is -0.478 e. The molecule has 1 fully saturated rings. The number of carboxylic acids is 2. The number of hydrogen-bond donors (Lipinski definition) is 2. The van der Waals surface area contributed by atoms with Crippen molar-refractivity contribution < 1.29 is 52.8 Å². The number of rotatable bonds is 9. The van der Waals surface area contributed by atoms with Crippen LogP contribution >= 0.6 is 0 Å². The van der Waals surface area contributed by atoms with Gasteiger partial charge in [0, 0.05) is 6.54 Å². The lowest BCUT2D eigenvalue weighted by Crippen LogP contribution is -2.45. The first-order valence-corrected chi connectivity index (χ1v) is 13.5. The van der Waals surface area contributed by atoms with Gasteiger partial charge in [0.05, 0.1) is 24.2 Å².